The highest BCUT2D eigenvalue weighted by atomic mass is 79.9. The molecule has 19 heavy (non-hydrogen) atoms. The summed E-state index contributed by atoms with van der Waals surface area (Å²) in [5.41, 5.74) is 6.00. The van der Waals surface area contributed by atoms with E-state index < -0.39 is 5.91 Å². The van der Waals surface area contributed by atoms with E-state index >= 15 is 0 Å². The van der Waals surface area contributed by atoms with Gasteiger partial charge in [0, 0.05) is 10.0 Å². The van der Waals surface area contributed by atoms with Crippen molar-refractivity contribution in [3.8, 4) is 11.5 Å². The Morgan fingerprint density at radius 1 is 1.16 bits per heavy atom. The molecule has 0 aliphatic rings. The zero-order valence-electron chi connectivity index (χ0n) is 9.80. The summed E-state index contributed by atoms with van der Waals surface area (Å²) < 4.78 is 6.41. The molecule has 0 heterocycles. The molecule has 0 spiro atoms. The van der Waals surface area contributed by atoms with E-state index in [1.165, 1.54) is 0 Å². The summed E-state index contributed by atoms with van der Waals surface area (Å²) in [5.74, 6) is 0.463. The maximum absolute atomic E-state index is 10.9. The fourth-order valence-corrected chi connectivity index (χ4v) is 1.85. The summed E-state index contributed by atoms with van der Waals surface area (Å²) in [6.07, 6.45) is 0.722. The Morgan fingerprint density at radius 2 is 1.84 bits per heavy atom. The molecule has 2 aromatic carbocycles. The highest BCUT2D eigenvalue weighted by Gasteiger charge is 2.06. The van der Waals surface area contributed by atoms with Crippen LogP contribution in [-0.4, -0.2) is 12.2 Å². The second-order valence-electron chi connectivity index (χ2n) is 3.79. The largest absolute Gasteiger partial charge is 0.457 e. The van der Waals surface area contributed by atoms with E-state index in [0.717, 1.165) is 10.8 Å². The van der Waals surface area contributed by atoms with Gasteiger partial charge in [0.05, 0.1) is 5.56 Å². The van der Waals surface area contributed by atoms with Crippen LogP contribution >= 0.6 is 15.9 Å². The topological polar surface area (TPSA) is 69.4 Å². The number of rotatable bonds is 4. The molecule has 96 valence electrons. The van der Waals surface area contributed by atoms with E-state index in [1.807, 2.05) is 0 Å². The molecule has 0 radical (unpaired) electrons. The molecule has 0 atom stereocenters. The minimum Gasteiger partial charge on any atom is -0.457 e. The lowest BCUT2D eigenvalue weighted by molar-refractivity contribution is 0.1000. The number of primary amides is 1. The maximum atomic E-state index is 10.9. The molecule has 0 aliphatic carbocycles. The second kappa shape index (κ2) is 5.67. The van der Waals surface area contributed by atoms with Crippen molar-refractivity contribution >= 4 is 28.1 Å². The Hall–Kier alpha value is -2.14. The van der Waals surface area contributed by atoms with Crippen LogP contribution < -0.4 is 10.5 Å². The van der Waals surface area contributed by atoms with Gasteiger partial charge in [-0.05, 0) is 42.5 Å². The highest BCUT2D eigenvalue weighted by Crippen LogP contribution is 2.27. The maximum Gasteiger partial charge on any atom is 0.248 e. The number of benzene rings is 2. The zero-order valence-corrected chi connectivity index (χ0v) is 11.4. The summed E-state index contributed by atoms with van der Waals surface area (Å²) in [4.78, 5) is 21.9. The van der Waals surface area contributed by atoms with Gasteiger partial charge in [-0.15, -0.1) is 0 Å². The molecule has 5 heteroatoms. The van der Waals surface area contributed by atoms with Gasteiger partial charge in [-0.2, -0.15) is 0 Å². The van der Waals surface area contributed by atoms with Crippen molar-refractivity contribution in [3.05, 3.63) is 58.1 Å². The average Bonchev–Trinajstić information content (AvgIpc) is 2.39. The van der Waals surface area contributed by atoms with Crippen LogP contribution in [0.5, 0.6) is 11.5 Å². The monoisotopic (exact) mass is 319 g/mol. The van der Waals surface area contributed by atoms with E-state index in [4.69, 9.17) is 10.5 Å². The quantitative estimate of drug-likeness (QED) is 0.880. The molecule has 1 amide bonds. The summed E-state index contributed by atoms with van der Waals surface area (Å²) in [6.45, 7) is 0. The Labute approximate surface area is 118 Å². The third-order valence-corrected chi connectivity index (χ3v) is 2.96. The van der Waals surface area contributed by atoms with Gasteiger partial charge in [0.2, 0.25) is 5.91 Å². The Bertz CT molecular complexity index is 623. The minimum absolute atomic E-state index is 0.400. The number of nitrogens with two attached hydrogens (primary N) is 1. The van der Waals surface area contributed by atoms with E-state index in [2.05, 4.69) is 15.9 Å². The second-order valence-corrected chi connectivity index (χ2v) is 4.71. The van der Waals surface area contributed by atoms with E-state index in [1.54, 1.807) is 42.5 Å². The molecule has 0 saturated carbocycles. The van der Waals surface area contributed by atoms with Crippen LogP contribution in [0.25, 0.3) is 0 Å². The van der Waals surface area contributed by atoms with Crippen molar-refractivity contribution in [1.29, 1.82) is 0 Å². The van der Waals surface area contributed by atoms with Crippen LogP contribution in [0, 0.1) is 0 Å². The number of hydrogen-bond donors (Lipinski definition) is 1. The molecule has 0 aliphatic heterocycles. The minimum atomic E-state index is -0.498. The summed E-state index contributed by atoms with van der Waals surface area (Å²) >= 11 is 3.31. The normalized spacial score (nSPS) is 9.95. The van der Waals surface area contributed by atoms with Gasteiger partial charge in [-0.1, -0.05) is 15.9 Å². The van der Waals surface area contributed by atoms with Crippen molar-refractivity contribution in [2.45, 2.75) is 0 Å². The molecule has 2 aromatic rings. The lowest BCUT2D eigenvalue weighted by atomic mass is 10.2. The standard InChI is InChI=1S/C14H10BrNO3/c15-11-4-1-10(8-17)13(7-11)19-12-5-2-9(3-6-12)14(16)18/h1-8H,(H2,16,18). The van der Waals surface area contributed by atoms with E-state index in [9.17, 15) is 9.59 Å². The fourth-order valence-electron chi connectivity index (χ4n) is 1.51. The number of carbonyl (C=O) groups excluding carboxylic acids is 2. The summed E-state index contributed by atoms with van der Waals surface area (Å²) in [5, 5.41) is 0. The molecule has 0 unspecified atom stereocenters. The predicted molar refractivity (Wildman–Crippen MR) is 74.6 cm³/mol. The summed E-state index contributed by atoms with van der Waals surface area (Å²) in [7, 11) is 0. The van der Waals surface area contributed by atoms with Gasteiger partial charge >= 0.3 is 0 Å². The smallest absolute Gasteiger partial charge is 0.248 e. The van der Waals surface area contributed by atoms with Crippen molar-refractivity contribution in [3.63, 3.8) is 0 Å². The molecule has 2 rings (SSSR count). The van der Waals surface area contributed by atoms with Crippen LogP contribution in [0.15, 0.2) is 46.9 Å². The Morgan fingerprint density at radius 3 is 2.42 bits per heavy atom. The predicted octanol–water partition coefficient (Wildman–Crippen LogP) is 3.15. The first-order valence-corrected chi connectivity index (χ1v) is 6.22. The fraction of sp³-hybridized carbons (Fsp3) is 0. The molecular weight excluding hydrogens is 310 g/mol. The molecule has 0 bridgehead atoms. The number of carbonyl (C=O) groups is 2. The van der Waals surface area contributed by atoms with Crippen molar-refractivity contribution in [2.24, 2.45) is 5.73 Å². The van der Waals surface area contributed by atoms with Crippen LogP contribution in [0.2, 0.25) is 0 Å². The van der Waals surface area contributed by atoms with Crippen LogP contribution in [0.1, 0.15) is 20.7 Å². The van der Waals surface area contributed by atoms with Gasteiger partial charge in [0.15, 0.2) is 6.29 Å². The number of aldehydes is 1. The molecular formula is C14H10BrNO3. The molecule has 0 fully saturated rings. The number of ether oxygens (including phenoxy) is 1. The van der Waals surface area contributed by atoms with Gasteiger partial charge in [-0.25, -0.2) is 0 Å². The number of amides is 1. The first-order valence-electron chi connectivity index (χ1n) is 5.42. The zero-order chi connectivity index (χ0) is 13.8. The van der Waals surface area contributed by atoms with Crippen molar-refractivity contribution in [2.75, 3.05) is 0 Å². The lowest BCUT2D eigenvalue weighted by Crippen LogP contribution is -2.10. The van der Waals surface area contributed by atoms with Crippen molar-refractivity contribution in [1.82, 2.24) is 0 Å². The third kappa shape index (κ3) is 3.20. The van der Waals surface area contributed by atoms with Gasteiger partial charge in [-0.3, -0.25) is 9.59 Å². The number of hydrogen-bond acceptors (Lipinski definition) is 3. The van der Waals surface area contributed by atoms with Gasteiger partial charge < -0.3 is 10.5 Å². The first kappa shape index (κ1) is 13.3. The van der Waals surface area contributed by atoms with Crippen LogP contribution in [-0.2, 0) is 0 Å². The Kier molecular flexibility index (Phi) is 3.97. The first-order chi connectivity index (χ1) is 9.10. The summed E-state index contributed by atoms with van der Waals surface area (Å²) in [6, 6.07) is 11.5. The van der Waals surface area contributed by atoms with E-state index in [-0.39, 0.29) is 0 Å². The highest BCUT2D eigenvalue weighted by molar-refractivity contribution is 9.10. The lowest BCUT2D eigenvalue weighted by Gasteiger charge is -2.08. The van der Waals surface area contributed by atoms with Gasteiger partial charge in [0.1, 0.15) is 11.5 Å². The Balaban J connectivity index is 2.28. The SMILES string of the molecule is NC(=O)c1ccc(Oc2cc(Br)ccc2C=O)cc1. The van der Waals surface area contributed by atoms with Gasteiger partial charge in [0.25, 0.3) is 0 Å². The molecule has 0 saturated heterocycles. The number of halogens is 1. The average molecular weight is 320 g/mol. The van der Waals surface area contributed by atoms with Crippen LogP contribution in [0.4, 0.5) is 0 Å². The molecule has 0 aromatic heterocycles. The van der Waals surface area contributed by atoms with Crippen molar-refractivity contribution < 1.29 is 14.3 Å². The third-order valence-electron chi connectivity index (χ3n) is 2.47. The van der Waals surface area contributed by atoms with E-state index in [0.29, 0.717) is 22.6 Å². The molecule has 2 N–H and O–H groups in total. The molecule has 4 nitrogen and oxygen atoms in total. The van der Waals surface area contributed by atoms with Crippen LogP contribution in [0.3, 0.4) is 0 Å².